The molecule has 0 aromatic heterocycles. The Bertz CT molecular complexity index is 699. The van der Waals surface area contributed by atoms with E-state index < -0.39 is 5.91 Å². The fourth-order valence-electron chi connectivity index (χ4n) is 1.87. The molecule has 0 aliphatic rings. The van der Waals surface area contributed by atoms with Crippen LogP contribution in [0.1, 0.15) is 26.3 Å². The van der Waals surface area contributed by atoms with Crippen LogP contribution in [-0.2, 0) is 6.54 Å². The molecule has 0 saturated heterocycles. The second kappa shape index (κ2) is 7.09. The number of benzene rings is 2. The van der Waals surface area contributed by atoms with Gasteiger partial charge >= 0.3 is 0 Å². The van der Waals surface area contributed by atoms with Crippen LogP contribution in [0.15, 0.2) is 46.9 Å². The van der Waals surface area contributed by atoms with E-state index >= 15 is 0 Å². The van der Waals surface area contributed by atoms with Crippen molar-refractivity contribution in [2.75, 3.05) is 7.11 Å². The minimum absolute atomic E-state index is 0.218. The van der Waals surface area contributed by atoms with Gasteiger partial charge in [-0.05, 0) is 51.8 Å². The summed E-state index contributed by atoms with van der Waals surface area (Å²) in [5, 5.41) is 2.82. The van der Waals surface area contributed by atoms with Gasteiger partial charge in [-0.25, -0.2) is 0 Å². The van der Waals surface area contributed by atoms with Gasteiger partial charge in [-0.3, -0.25) is 9.59 Å². The molecule has 0 spiro atoms. The molecule has 0 aliphatic carbocycles. The summed E-state index contributed by atoms with van der Waals surface area (Å²) in [4.78, 5) is 23.2. The Morgan fingerprint density at radius 2 is 1.86 bits per heavy atom. The van der Waals surface area contributed by atoms with E-state index in [1.54, 1.807) is 49.6 Å². The Balaban J connectivity index is 2.05. The third-order valence-electron chi connectivity index (χ3n) is 3.11. The van der Waals surface area contributed by atoms with Crippen LogP contribution in [0.2, 0.25) is 0 Å². The zero-order chi connectivity index (χ0) is 16.1. The van der Waals surface area contributed by atoms with Crippen molar-refractivity contribution in [1.82, 2.24) is 5.32 Å². The van der Waals surface area contributed by atoms with Crippen LogP contribution in [0.25, 0.3) is 0 Å². The van der Waals surface area contributed by atoms with Crippen molar-refractivity contribution in [3.63, 3.8) is 0 Å². The van der Waals surface area contributed by atoms with Crippen molar-refractivity contribution < 1.29 is 14.3 Å². The van der Waals surface area contributed by atoms with Gasteiger partial charge in [0, 0.05) is 16.6 Å². The number of rotatable bonds is 5. The molecule has 2 aromatic carbocycles. The first-order valence-corrected chi connectivity index (χ1v) is 7.31. The summed E-state index contributed by atoms with van der Waals surface area (Å²) in [6, 6.07) is 12.0. The fraction of sp³-hybridized carbons (Fsp3) is 0.125. The number of hydrogen-bond donors (Lipinski definition) is 2. The maximum absolute atomic E-state index is 12.2. The number of amides is 2. The lowest BCUT2D eigenvalue weighted by Crippen LogP contribution is -2.23. The van der Waals surface area contributed by atoms with Crippen molar-refractivity contribution in [2.24, 2.45) is 5.73 Å². The van der Waals surface area contributed by atoms with Crippen molar-refractivity contribution in [3.05, 3.63) is 63.6 Å². The number of nitrogens with two attached hydrogens (primary N) is 1. The highest BCUT2D eigenvalue weighted by molar-refractivity contribution is 9.10. The van der Waals surface area contributed by atoms with Crippen LogP contribution in [0.4, 0.5) is 0 Å². The number of methoxy groups -OCH3 is 1. The average molecular weight is 363 g/mol. The SMILES string of the molecule is COc1ccc(Br)c(C(=O)NCc2ccc(C(N)=O)cc2)c1. The van der Waals surface area contributed by atoms with Gasteiger partial charge in [0.25, 0.3) is 5.91 Å². The Morgan fingerprint density at radius 3 is 2.45 bits per heavy atom. The first kappa shape index (κ1) is 16.0. The first-order chi connectivity index (χ1) is 10.5. The van der Waals surface area contributed by atoms with Crippen LogP contribution in [-0.4, -0.2) is 18.9 Å². The van der Waals surface area contributed by atoms with Gasteiger partial charge in [-0.15, -0.1) is 0 Å². The highest BCUT2D eigenvalue weighted by atomic mass is 79.9. The summed E-state index contributed by atoms with van der Waals surface area (Å²) in [7, 11) is 1.55. The van der Waals surface area contributed by atoms with Crippen molar-refractivity contribution in [3.8, 4) is 5.75 Å². The number of halogens is 1. The molecule has 3 N–H and O–H groups in total. The number of hydrogen-bond acceptors (Lipinski definition) is 3. The Hall–Kier alpha value is -2.34. The van der Waals surface area contributed by atoms with E-state index in [1.165, 1.54) is 0 Å². The van der Waals surface area contributed by atoms with Crippen molar-refractivity contribution in [1.29, 1.82) is 0 Å². The molecule has 2 aromatic rings. The van der Waals surface area contributed by atoms with E-state index in [1.807, 2.05) is 0 Å². The number of carbonyl (C=O) groups excluding carboxylic acids is 2. The predicted octanol–water partition coefficient (Wildman–Crippen LogP) is 2.49. The molecular weight excluding hydrogens is 348 g/mol. The van der Waals surface area contributed by atoms with Gasteiger partial charge in [0.05, 0.1) is 12.7 Å². The summed E-state index contributed by atoms with van der Waals surface area (Å²) in [6.07, 6.45) is 0. The predicted molar refractivity (Wildman–Crippen MR) is 86.8 cm³/mol. The normalized spacial score (nSPS) is 10.1. The molecule has 0 unspecified atom stereocenters. The zero-order valence-electron chi connectivity index (χ0n) is 11.9. The number of nitrogens with one attached hydrogen (secondary N) is 1. The van der Waals surface area contributed by atoms with Crippen molar-refractivity contribution in [2.45, 2.75) is 6.54 Å². The molecule has 0 atom stereocenters. The highest BCUT2D eigenvalue weighted by Gasteiger charge is 2.11. The van der Waals surface area contributed by atoms with Crippen LogP contribution in [0.5, 0.6) is 5.75 Å². The zero-order valence-corrected chi connectivity index (χ0v) is 13.5. The fourth-order valence-corrected chi connectivity index (χ4v) is 2.30. The smallest absolute Gasteiger partial charge is 0.252 e. The van der Waals surface area contributed by atoms with Gasteiger partial charge in [0.2, 0.25) is 5.91 Å². The third kappa shape index (κ3) is 3.85. The molecule has 5 nitrogen and oxygen atoms in total. The van der Waals surface area contributed by atoms with Crippen LogP contribution in [0, 0.1) is 0 Å². The summed E-state index contributed by atoms with van der Waals surface area (Å²) in [5.41, 5.74) is 6.98. The lowest BCUT2D eigenvalue weighted by molar-refractivity contribution is 0.0948. The Morgan fingerprint density at radius 1 is 1.18 bits per heavy atom. The van der Waals surface area contributed by atoms with Gasteiger partial charge in [-0.1, -0.05) is 12.1 Å². The topological polar surface area (TPSA) is 81.4 Å². The van der Waals surface area contributed by atoms with E-state index in [-0.39, 0.29) is 5.91 Å². The molecule has 0 aliphatic heterocycles. The third-order valence-corrected chi connectivity index (χ3v) is 3.80. The molecule has 2 rings (SSSR count). The minimum Gasteiger partial charge on any atom is -0.497 e. The molecular formula is C16H15BrN2O3. The lowest BCUT2D eigenvalue weighted by atomic mass is 10.1. The standard InChI is InChI=1S/C16H15BrN2O3/c1-22-12-6-7-14(17)13(8-12)16(21)19-9-10-2-4-11(5-3-10)15(18)20/h2-8H,9H2,1H3,(H2,18,20)(H,19,21). The summed E-state index contributed by atoms with van der Waals surface area (Å²) in [5.74, 6) is -0.0835. The number of primary amides is 1. The van der Waals surface area contributed by atoms with Gasteiger partial charge in [-0.2, -0.15) is 0 Å². The minimum atomic E-state index is -0.476. The molecule has 0 fully saturated rings. The maximum Gasteiger partial charge on any atom is 0.252 e. The monoisotopic (exact) mass is 362 g/mol. The number of ether oxygens (including phenoxy) is 1. The first-order valence-electron chi connectivity index (χ1n) is 6.51. The molecule has 22 heavy (non-hydrogen) atoms. The Labute approximate surface area is 136 Å². The lowest BCUT2D eigenvalue weighted by Gasteiger charge is -2.09. The molecule has 114 valence electrons. The molecule has 0 heterocycles. The van der Waals surface area contributed by atoms with Crippen LogP contribution < -0.4 is 15.8 Å². The van der Waals surface area contributed by atoms with E-state index in [0.29, 0.717) is 27.9 Å². The van der Waals surface area contributed by atoms with E-state index in [9.17, 15) is 9.59 Å². The molecule has 0 bridgehead atoms. The molecule has 0 radical (unpaired) electrons. The average Bonchev–Trinajstić information content (AvgIpc) is 2.53. The maximum atomic E-state index is 12.2. The summed E-state index contributed by atoms with van der Waals surface area (Å²) < 4.78 is 5.80. The second-order valence-corrected chi connectivity index (χ2v) is 5.44. The van der Waals surface area contributed by atoms with Crippen LogP contribution in [0.3, 0.4) is 0 Å². The molecule has 2 amide bonds. The van der Waals surface area contributed by atoms with Gasteiger partial charge in [0.1, 0.15) is 5.75 Å². The van der Waals surface area contributed by atoms with Crippen molar-refractivity contribution >= 4 is 27.7 Å². The highest BCUT2D eigenvalue weighted by Crippen LogP contribution is 2.22. The quantitative estimate of drug-likeness (QED) is 0.857. The van der Waals surface area contributed by atoms with Gasteiger partial charge < -0.3 is 15.8 Å². The van der Waals surface area contributed by atoms with E-state index in [2.05, 4.69) is 21.2 Å². The summed E-state index contributed by atoms with van der Waals surface area (Å²) in [6.45, 7) is 0.349. The molecule has 6 heteroatoms. The molecule has 0 saturated carbocycles. The summed E-state index contributed by atoms with van der Waals surface area (Å²) >= 11 is 3.34. The largest absolute Gasteiger partial charge is 0.497 e. The van der Waals surface area contributed by atoms with E-state index in [0.717, 1.165) is 5.56 Å². The van der Waals surface area contributed by atoms with Gasteiger partial charge in [0.15, 0.2) is 0 Å². The number of carbonyl (C=O) groups is 2. The second-order valence-electron chi connectivity index (χ2n) is 4.59. The Kier molecular flexibility index (Phi) is 5.16. The van der Waals surface area contributed by atoms with Crippen LogP contribution >= 0.6 is 15.9 Å². The van der Waals surface area contributed by atoms with E-state index in [4.69, 9.17) is 10.5 Å².